The number of carbonyl (C=O) groups excluding carboxylic acids is 1. The van der Waals surface area contributed by atoms with E-state index in [1.54, 1.807) is 6.08 Å². The minimum Gasteiger partial charge on any atom is -0.489 e. The predicted molar refractivity (Wildman–Crippen MR) is 132 cm³/mol. The van der Waals surface area contributed by atoms with Crippen molar-refractivity contribution >= 4 is 5.91 Å². The summed E-state index contributed by atoms with van der Waals surface area (Å²) in [6.45, 7) is 9.59. The van der Waals surface area contributed by atoms with Gasteiger partial charge in [0, 0.05) is 44.6 Å². The van der Waals surface area contributed by atoms with Crippen LogP contribution in [0.2, 0.25) is 0 Å². The molecule has 1 N–H and O–H groups in total. The fourth-order valence-corrected chi connectivity index (χ4v) is 4.31. The number of aromatic nitrogens is 3. The number of ether oxygens (including phenoxy) is 1. The van der Waals surface area contributed by atoms with Gasteiger partial charge in [0.25, 0.3) is 0 Å². The lowest BCUT2D eigenvalue weighted by Crippen LogP contribution is -2.30. The summed E-state index contributed by atoms with van der Waals surface area (Å²) in [5, 5.41) is 12.0. The molecule has 2 aromatic carbocycles. The molecule has 0 aliphatic carbocycles. The van der Waals surface area contributed by atoms with Gasteiger partial charge >= 0.3 is 0 Å². The Hall–Kier alpha value is -3.45. The Morgan fingerprint density at radius 2 is 1.91 bits per heavy atom. The quantitative estimate of drug-likeness (QED) is 0.468. The molecule has 0 fully saturated rings. The number of aryl methyl sites for hydroxylation is 1. The smallest absolute Gasteiger partial charge is 0.220 e. The van der Waals surface area contributed by atoms with E-state index >= 15 is 0 Å². The van der Waals surface area contributed by atoms with E-state index in [4.69, 9.17) is 4.74 Å². The first kappa shape index (κ1) is 23.7. The van der Waals surface area contributed by atoms with Crippen molar-refractivity contribution in [1.29, 1.82) is 0 Å². The Morgan fingerprint density at radius 1 is 1.12 bits per heavy atom. The molecule has 0 radical (unpaired) electrons. The van der Waals surface area contributed by atoms with E-state index in [0.717, 1.165) is 56.4 Å². The largest absolute Gasteiger partial charge is 0.489 e. The summed E-state index contributed by atoms with van der Waals surface area (Å²) in [5.74, 6) is 2.72. The lowest BCUT2D eigenvalue weighted by molar-refractivity contribution is -0.121. The number of nitrogens with zero attached hydrogens (tertiary/aromatic N) is 4. The number of rotatable bonds is 10. The average Bonchev–Trinajstić information content (AvgIpc) is 3.17. The van der Waals surface area contributed by atoms with Crippen molar-refractivity contribution in [1.82, 2.24) is 25.0 Å². The summed E-state index contributed by atoms with van der Waals surface area (Å²) >= 11 is 0. The SMILES string of the molecule is C=CCOc1ccccc1CN1CCc2nnc([C@@H](C)NC(=O)CCc3ccccc3)n2CC1. The summed E-state index contributed by atoms with van der Waals surface area (Å²) in [6, 6.07) is 18.0. The van der Waals surface area contributed by atoms with Gasteiger partial charge in [0.05, 0.1) is 6.04 Å². The minimum atomic E-state index is -0.191. The Labute approximate surface area is 201 Å². The van der Waals surface area contributed by atoms with Crippen molar-refractivity contribution < 1.29 is 9.53 Å². The molecule has 0 spiro atoms. The van der Waals surface area contributed by atoms with Gasteiger partial charge in [0.2, 0.25) is 5.91 Å². The van der Waals surface area contributed by atoms with Crippen LogP contribution in [0.15, 0.2) is 67.3 Å². The fourth-order valence-electron chi connectivity index (χ4n) is 4.31. The van der Waals surface area contributed by atoms with Crippen LogP contribution in [-0.2, 0) is 30.7 Å². The molecule has 0 saturated carbocycles. The molecule has 7 heteroatoms. The van der Waals surface area contributed by atoms with Gasteiger partial charge in [0.1, 0.15) is 18.2 Å². The zero-order chi connectivity index (χ0) is 23.8. The van der Waals surface area contributed by atoms with E-state index in [1.807, 2.05) is 55.5 Å². The molecule has 4 rings (SSSR count). The van der Waals surface area contributed by atoms with Crippen molar-refractivity contribution in [2.24, 2.45) is 0 Å². The molecule has 3 aromatic rings. The number of benzene rings is 2. The maximum atomic E-state index is 12.5. The standard InChI is InChI=1S/C27H33N5O2/c1-3-19-34-24-12-8-7-11-23(24)20-31-16-15-25-29-30-27(32(25)18-17-31)21(2)28-26(33)14-13-22-9-5-4-6-10-22/h3-12,21H,1,13-20H2,2H3,(H,28,33)/t21-/m1/s1. The number of para-hydroxylation sites is 1. The van der Waals surface area contributed by atoms with Crippen molar-refractivity contribution in [3.05, 3.63) is 90.0 Å². The number of hydrogen-bond acceptors (Lipinski definition) is 5. The van der Waals surface area contributed by atoms with Gasteiger partial charge in [-0.25, -0.2) is 0 Å². The molecule has 1 aliphatic rings. The topological polar surface area (TPSA) is 72.3 Å². The van der Waals surface area contributed by atoms with E-state index < -0.39 is 0 Å². The lowest BCUT2D eigenvalue weighted by atomic mass is 10.1. The number of fused-ring (bicyclic) bond motifs is 1. The van der Waals surface area contributed by atoms with Gasteiger partial charge in [-0.2, -0.15) is 0 Å². The van der Waals surface area contributed by atoms with Crippen LogP contribution >= 0.6 is 0 Å². The summed E-state index contributed by atoms with van der Waals surface area (Å²) in [6.07, 6.45) is 3.76. The zero-order valence-corrected chi connectivity index (χ0v) is 19.8. The number of nitrogens with one attached hydrogen (secondary N) is 1. The molecule has 7 nitrogen and oxygen atoms in total. The van der Waals surface area contributed by atoms with Gasteiger partial charge < -0.3 is 14.6 Å². The minimum absolute atomic E-state index is 0.0279. The Bertz CT molecular complexity index is 1100. The van der Waals surface area contributed by atoms with Crippen molar-refractivity contribution in [3.63, 3.8) is 0 Å². The van der Waals surface area contributed by atoms with Crippen LogP contribution in [0, 0.1) is 0 Å². The normalized spacial score (nSPS) is 14.6. The molecule has 0 bridgehead atoms. The number of amides is 1. The van der Waals surface area contributed by atoms with Gasteiger partial charge in [-0.15, -0.1) is 10.2 Å². The second-order valence-electron chi connectivity index (χ2n) is 8.63. The first-order chi connectivity index (χ1) is 16.6. The van der Waals surface area contributed by atoms with Crippen molar-refractivity contribution in [2.75, 3.05) is 19.7 Å². The van der Waals surface area contributed by atoms with Gasteiger partial charge in [-0.05, 0) is 25.0 Å². The summed E-state index contributed by atoms with van der Waals surface area (Å²) < 4.78 is 8.00. The third-order valence-corrected chi connectivity index (χ3v) is 6.12. The van der Waals surface area contributed by atoms with Crippen LogP contribution in [0.5, 0.6) is 5.75 Å². The lowest BCUT2D eigenvalue weighted by Gasteiger charge is -2.21. The number of hydrogen-bond donors (Lipinski definition) is 1. The van der Waals surface area contributed by atoms with Crippen molar-refractivity contribution in [2.45, 2.75) is 45.3 Å². The maximum absolute atomic E-state index is 12.5. The third kappa shape index (κ3) is 6.11. The summed E-state index contributed by atoms with van der Waals surface area (Å²) in [7, 11) is 0. The highest BCUT2D eigenvalue weighted by Gasteiger charge is 2.23. The van der Waals surface area contributed by atoms with E-state index in [9.17, 15) is 4.79 Å². The molecular weight excluding hydrogens is 426 g/mol. The number of carbonyl (C=O) groups is 1. The van der Waals surface area contributed by atoms with Gasteiger partial charge in [-0.3, -0.25) is 9.69 Å². The van der Waals surface area contributed by atoms with E-state index in [1.165, 1.54) is 11.1 Å². The highest BCUT2D eigenvalue weighted by atomic mass is 16.5. The second-order valence-corrected chi connectivity index (χ2v) is 8.63. The molecule has 2 heterocycles. The van der Waals surface area contributed by atoms with Crippen LogP contribution in [0.3, 0.4) is 0 Å². The zero-order valence-electron chi connectivity index (χ0n) is 19.8. The van der Waals surface area contributed by atoms with Crippen LogP contribution < -0.4 is 10.1 Å². The maximum Gasteiger partial charge on any atom is 0.220 e. The van der Waals surface area contributed by atoms with E-state index in [-0.39, 0.29) is 11.9 Å². The first-order valence-corrected chi connectivity index (χ1v) is 11.9. The Kier molecular flexibility index (Phi) is 8.09. The van der Waals surface area contributed by atoms with Crippen molar-refractivity contribution in [3.8, 4) is 5.75 Å². The molecule has 178 valence electrons. The molecule has 1 aromatic heterocycles. The molecule has 1 aliphatic heterocycles. The molecule has 34 heavy (non-hydrogen) atoms. The van der Waals surface area contributed by atoms with E-state index in [0.29, 0.717) is 13.0 Å². The summed E-state index contributed by atoms with van der Waals surface area (Å²) in [5.41, 5.74) is 2.33. The van der Waals surface area contributed by atoms with Gasteiger partial charge in [-0.1, -0.05) is 61.2 Å². The fraction of sp³-hybridized carbons (Fsp3) is 0.370. The van der Waals surface area contributed by atoms with Crippen LogP contribution in [0.1, 0.15) is 42.2 Å². The highest BCUT2D eigenvalue weighted by Crippen LogP contribution is 2.22. The highest BCUT2D eigenvalue weighted by molar-refractivity contribution is 5.76. The first-order valence-electron chi connectivity index (χ1n) is 11.9. The Balaban J connectivity index is 1.34. The molecular formula is C27H33N5O2. The molecule has 0 unspecified atom stereocenters. The average molecular weight is 460 g/mol. The van der Waals surface area contributed by atoms with E-state index in [2.05, 4.69) is 37.6 Å². The predicted octanol–water partition coefficient (Wildman–Crippen LogP) is 3.71. The van der Waals surface area contributed by atoms with Crippen LogP contribution in [0.4, 0.5) is 0 Å². The van der Waals surface area contributed by atoms with Crippen LogP contribution in [0.25, 0.3) is 0 Å². The third-order valence-electron chi connectivity index (χ3n) is 6.12. The summed E-state index contributed by atoms with van der Waals surface area (Å²) in [4.78, 5) is 14.9. The van der Waals surface area contributed by atoms with Gasteiger partial charge in [0.15, 0.2) is 5.82 Å². The van der Waals surface area contributed by atoms with Crippen LogP contribution in [-0.4, -0.2) is 45.3 Å². The Morgan fingerprint density at radius 3 is 2.74 bits per heavy atom. The molecule has 1 atom stereocenters. The molecule has 1 amide bonds. The monoisotopic (exact) mass is 459 g/mol. The second kappa shape index (κ2) is 11.6. The molecule has 0 saturated heterocycles.